The molecule has 0 aliphatic heterocycles. The number of nitrogens with one attached hydrogen (secondary N) is 1. The van der Waals surface area contributed by atoms with Gasteiger partial charge in [0.1, 0.15) is 12.4 Å². The molecule has 0 saturated carbocycles. The van der Waals surface area contributed by atoms with Gasteiger partial charge in [-0.3, -0.25) is 0 Å². The molecule has 0 heterocycles. The summed E-state index contributed by atoms with van der Waals surface area (Å²) in [5, 5.41) is 3.04. The molecule has 3 aromatic rings. The van der Waals surface area contributed by atoms with Gasteiger partial charge >= 0.3 is 6.03 Å². The Hall–Kier alpha value is -3.27. The van der Waals surface area contributed by atoms with Crippen LogP contribution < -0.4 is 10.1 Å². The highest BCUT2D eigenvalue weighted by atomic mass is 16.5. The normalized spacial score (nSPS) is 11.6. The van der Waals surface area contributed by atoms with E-state index in [-0.39, 0.29) is 12.1 Å². The summed E-state index contributed by atoms with van der Waals surface area (Å²) >= 11 is 0. The summed E-state index contributed by atoms with van der Waals surface area (Å²) in [5.74, 6) is 0.866. The lowest BCUT2D eigenvalue weighted by Gasteiger charge is -2.26. The van der Waals surface area contributed by atoms with Crippen LogP contribution in [0.1, 0.15) is 35.6 Å². The third-order valence-corrected chi connectivity index (χ3v) is 5.64. The number of benzene rings is 3. The van der Waals surface area contributed by atoms with Crippen molar-refractivity contribution in [2.45, 2.75) is 46.3 Å². The third-order valence-electron chi connectivity index (χ3n) is 5.64. The zero-order valence-corrected chi connectivity index (χ0v) is 18.9. The molecule has 2 amide bonds. The Morgan fingerprint density at radius 2 is 1.68 bits per heavy atom. The number of carbonyl (C=O) groups excluding carboxylic acids is 1. The average molecular weight is 417 g/mol. The summed E-state index contributed by atoms with van der Waals surface area (Å²) < 4.78 is 5.86. The zero-order valence-electron chi connectivity index (χ0n) is 18.9. The van der Waals surface area contributed by atoms with Crippen molar-refractivity contribution in [3.05, 3.63) is 95.1 Å². The quantitative estimate of drug-likeness (QED) is 0.464. The van der Waals surface area contributed by atoms with Gasteiger partial charge in [0.25, 0.3) is 0 Å². The summed E-state index contributed by atoms with van der Waals surface area (Å²) in [4.78, 5) is 14.4. The standard InChI is InChI=1S/C27H32N2O2/c1-20-10-11-21(2)26(18-20)28-27(30)29(4)22(3)12-13-23-14-16-25(17-15-23)31-19-24-8-6-5-7-9-24/h5-11,14-18,22H,12-13,19H2,1-4H3,(H,28,30). The number of anilines is 1. The summed E-state index contributed by atoms with van der Waals surface area (Å²) in [6, 6.07) is 24.5. The molecule has 4 heteroatoms. The number of aryl methyl sites for hydroxylation is 3. The van der Waals surface area contributed by atoms with Gasteiger partial charge in [-0.15, -0.1) is 0 Å². The summed E-state index contributed by atoms with van der Waals surface area (Å²) in [7, 11) is 1.85. The first kappa shape index (κ1) is 22.4. The molecule has 1 N–H and O–H groups in total. The highest BCUT2D eigenvalue weighted by Crippen LogP contribution is 2.19. The van der Waals surface area contributed by atoms with Crippen molar-refractivity contribution in [1.29, 1.82) is 0 Å². The molecule has 0 aliphatic rings. The van der Waals surface area contributed by atoms with Gasteiger partial charge in [-0.25, -0.2) is 4.79 Å². The molecule has 0 bridgehead atoms. The van der Waals surface area contributed by atoms with E-state index < -0.39 is 0 Å². The van der Waals surface area contributed by atoms with Gasteiger partial charge in [0.15, 0.2) is 0 Å². The molecule has 0 aliphatic carbocycles. The first-order chi connectivity index (χ1) is 14.9. The Balaban J connectivity index is 1.47. The van der Waals surface area contributed by atoms with Crippen LogP contribution in [0, 0.1) is 13.8 Å². The van der Waals surface area contributed by atoms with Gasteiger partial charge in [0.05, 0.1) is 0 Å². The maximum Gasteiger partial charge on any atom is 0.321 e. The monoisotopic (exact) mass is 416 g/mol. The van der Waals surface area contributed by atoms with Gasteiger partial charge in [0.2, 0.25) is 0 Å². The molecule has 1 unspecified atom stereocenters. The van der Waals surface area contributed by atoms with Crippen molar-refractivity contribution in [3.63, 3.8) is 0 Å². The Morgan fingerprint density at radius 3 is 2.39 bits per heavy atom. The lowest BCUT2D eigenvalue weighted by Crippen LogP contribution is -2.38. The van der Waals surface area contributed by atoms with Gasteiger partial charge in [-0.1, -0.05) is 54.6 Å². The van der Waals surface area contributed by atoms with E-state index >= 15 is 0 Å². The zero-order chi connectivity index (χ0) is 22.2. The number of urea groups is 1. The lowest BCUT2D eigenvalue weighted by atomic mass is 10.1. The molecule has 4 nitrogen and oxygen atoms in total. The van der Waals surface area contributed by atoms with Crippen LogP contribution in [-0.2, 0) is 13.0 Å². The number of ether oxygens (including phenoxy) is 1. The van der Waals surface area contributed by atoms with E-state index in [1.165, 1.54) is 5.56 Å². The summed E-state index contributed by atoms with van der Waals surface area (Å²) in [5.41, 5.74) is 5.46. The van der Waals surface area contributed by atoms with Crippen molar-refractivity contribution in [1.82, 2.24) is 4.90 Å². The lowest BCUT2D eigenvalue weighted by molar-refractivity contribution is 0.205. The molecular weight excluding hydrogens is 384 g/mol. The molecule has 31 heavy (non-hydrogen) atoms. The van der Waals surface area contributed by atoms with E-state index in [1.807, 2.05) is 63.4 Å². The highest BCUT2D eigenvalue weighted by molar-refractivity contribution is 5.90. The fourth-order valence-electron chi connectivity index (χ4n) is 3.34. The minimum atomic E-state index is -0.0779. The van der Waals surface area contributed by atoms with Crippen molar-refractivity contribution in [3.8, 4) is 5.75 Å². The summed E-state index contributed by atoms with van der Waals surface area (Å²) in [6.45, 7) is 6.68. The number of rotatable bonds is 8. The van der Waals surface area contributed by atoms with Crippen LogP contribution in [-0.4, -0.2) is 24.0 Å². The Bertz CT molecular complexity index is 984. The van der Waals surface area contributed by atoms with Gasteiger partial charge in [0, 0.05) is 18.8 Å². The van der Waals surface area contributed by atoms with Crippen LogP contribution in [0.4, 0.5) is 10.5 Å². The van der Waals surface area contributed by atoms with Crippen molar-refractivity contribution in [2.75, 3.05) is 12.4 Å². The predicted molar refractivity (Wildman–Crippen MR) is 128 cm³/mol. The SMILES string of the molecule is Cc1ccc(C)c(NC(=O)N(C)C(C)CCc2ccc(OCc3ccccc3)cc2)c1. The molecule has 0 aromatic heterocycles. The molecule has 1 atom stereocenters. The number of hydrogen-bond donors (Lipinski definition) is 1. The smallest absolute Gasteiger partial charge is 0.321 e. The number of nitrogens with zero attached hydrogens (tertiary/aromatic N) is 1. The maximum absolute atomic E-state index is 12.7. The van der Waals surface area contributed by atoms with Crippen molar-refractivity contribution >= 4 is 11.7 Å². The Morgan fingerprint density at radius 1 is 0.968 bits per heavy atom. The van der Waals surface area contributed by atoms with Gasteiger partial charge < -0.3 is 15.0 Å². The first-order valence-corrected chi connectivity index (χ1v) is 10.8. The van der Waals surface area contributed by atoms with Crippen molar-refractivity contribution in [2.24, 2.45) is 0 Å². The minimum Gasteiger partial charge on any atom is -0.489 e. The molecule has 0 saturated heterocycles. The van der Waals surface area contributed by atoms with Gasteiger partial charge in [-0.2, -0.15) is 0 Å². The third kappa shape index (κ3) is 6.61. The van der Waals surface area contributed by atoms with E-state index in [2.05, 4.69) is 42.6 Å². The van der Waals surface area contributed by atoms with Crippen LogP contribution in [0.2, 0.25) is 0 Å². The van der Waals surface area contributed by atoms with Gasteiger partial charge in [-0.05, 0) is 74.1 Å². The van der Waals surface area contributed by atoms with Crippen LogP contribution in [0.15, 0.2) is 72.8 Å². The minimum absolute atomic E-state index is 0.0779. The fourth-order valence-corrected chi connectivity index (χ4v) is 3.34. The van der Waals surface area contributed by atoms with Crippen LogP contribution >= 0.6 is 0 Å². The predicted octanol–water partition coefficient (Wildman–Crippen LogP) is 6.37. The number of amides is 2. The van der Waals surface area contributed by atoms with Crippen LogP contribution in [0.25, 0.3) is 0 Å². The van der Waals surface area contributed by atoms with E-state index in [1.54, 1.807) is 4.90 Å². The molecule has 162 valence electrons. The second-order valence-electron chi connectivity index (χ2n) is 8.17. The largest absolute Gasteiger partial charge is 0.489 e. The Kier molecular flexibility index (Phi) is 7.71. The molecule has 0 fully saturated rings. The average Bonchev–Trinajstić information content (AvgIpc) is 2.79. The van der Waals surface area contributed by atoms with E-state index in [0.29, 0.717) is 6.61 Å². The molecule has 0 spiro atoms. The van der Waals surface area contributed by atoms with Crippen LogP contribution in [0.3, 0.4) is 0 Å². The first-order valence-electron chi connectivity index (χ1n) is 10.8. The van der Waals surface area contributed by atoms with Crippen molar-refractivity contribution < 1.29 is 9.53 Å². The topological polar surface area (TPSA) is 41.6 Å². The molecule has 3 aromatic carbocycles. The van der Waals surface area contributed by atoms with Crippen LogP contribution in [0.5, 0.6) is 5.75 Å². The van der Waals surface area contributed by atoms with E-state index in [9.17, 15) is 4.79 Å². The fraction of sp³-hybridized carbons (Fsp3) is 0.296. The molecule has 0 radical (unpaired) electrons. The van der Waals surface area contributed by atoms with E-state index in [4.69, 9.17) is 4.74 Å². The number of hydrogen-bond acceptors (Lipinski definition) is 2. The second kappa shape index (κ2) is 10.7. The Labute approximate surface area is 185 Å². The van der Waals surface area contributed by atoms with E-state index in [0.717, 1.165) is 41.0 Å². The summed E-state index contributed by atoms with van der Waals surface area (Å²) in [6.07, 6.45) is 1.79. The highest BCUT2D eigenvalue weighted by Gasteiger charge is 2.16. The maximum atomic E-state index is 12.7. The molecule has 3 rings (SSSR count). The number of carbonyl (C=O) groups is 1. The second-order valence-corrected chi connectivity index (χ2v) is 8.17. The molecular formula is C27H32N2O2.